The first kappa shape index (κ1) is 16.0. The molecule has 1 aromatic rings. The first-order chi connectivity index (χ1) is 10.3. The van der Waals surface area contributed by atoms with E-state index >= 15 is 0 Å². The molecule has 0 radical (unpaired) electrons. The van der Waals surface area contributed by atoms with Gasteiger partial charge in [-0.2, -0.15) is 4.31 Å². The highest BCUT2D eigenvalue weighted by Crippen LogP contribution is 2.29. The second-order valence-electron chi connectivity index (χ2n) is 4.96. The third-order valence-corrected chi connectivity index (χ3v) is 5.26. The summed E-state index contributed by atoms with van der Waals surface area (Å²) in [6.07, 6.45) is 0.547. The first-order valence-corrected chi connectivity index (χ1v) is 8.01. The molecule has 1 fully saturated rings. The van der Waals surface area contributed by atoms with Gasteiger partial charge in [0.05, 0.1) is 4.90 Å². The monoisotopic (exact) mass is 319 g/mol. The fraction of sp³-hybridized carbons (Fsp3) is 0.188. The number of rotatable bonds is 5. The lowest BCUT2D eigenvalue weighted by Crippen LogP contribution is -2.40. The Labute approximate surface area is 130 Å². The zero-order valence-corrected chi connectivity index (χ0v) is 13.1. The number of carbonyl (C=O) groups is 1. The van der Waals surface area contributed by atoms with Crippen LogP contribution in [-0.4, -0.2) is 31.5 Å². The van der Waals surface area contributed by atoms with E-state index in [1.807, 2.05) is 6.92 Å². The molecule has 0 N–H and O–H groups in total. The molecule has 1 aliphatic rings. The third-order valence-electron chi connectivity index (χ3n) is 3.47. The maximum atomic E-state index is 12.7. The fourth-order valence-corrected chi connectivity index (χ4v) is 3.56. The molecule has 0 bridgehead atoms. The molecular weight excluding hydrogens is 302 g/mol. The number of carbonyl (C=O) groups excluding carboxylic acids is 1. The number of allylic oxidation sites excluding steroid dienone is 1. The molecule has 6 heteroatoms. The molecule has 5 nitrogen and oxygen atoms in total. The zero-order chi connectivity index (χ0) is 16.5. The Morgan fingerprint density at radius 3 is 2.45 bits per heavy atom. The lowest BCUT2D eigenvalue weighted by atomic mass is 10.0. The van der Waals surface area contributed by atoms with Gasteiger partial charge in [-0.3, -0.25) is 0 Å². The van der Waals surface area contributed by atoms with E-state index in [4.69, 9.17) is 4.74 Å². The summed E-state index contributed by atoms with van der Waals surface area (Å²) in [6.45, 7) is 12.9. The summed E-state index contributed by atoms with van der Waals surface area (Å²) in [6, 6.07) is 5.43. The van der Waals surface area contributed by atoms with Crippen molar-refractivity contribution in [2.24, 2.45) is 0 Å². The number of amides is 1. The fourth-order valence-electron chi connectivity index (χ4n) is 2.09. The number of benzene rings is 1. The molecule has 1 aromatic carbocycles. The van der Waals surface area contributed by atoms with E-state index in [0.717, 1.165) is 5.56 Å². The van der Waals surface area contributed by atoms with E-state index in [2.05, 4.69) is 19.7 Å². The highest BCUT2D eigenvalue weighted by molar-refractivity contribution is 7.89. The minimum Gasteiger partial charge on any atom is -0.446 e. The Kier molecular flexibility index (Phi) is 4.23. The molecule has 1 amide bonds. The van der Waals surface area contributed by atoms with Crippen LogP contribution >= 0.6 is 0 Å². The summed E-state index contributed by atoms with van der Waals surface area (Å²) in [7, 11) is -4.02. The maximum absolute atomic E-state index is 12.7. The Hall–Kier alpha value is -2.34. The van der Waals surface area contributed by atoms with Gasteiger partial charge in [0.1, 0.15) is 12.6 Å². The number of nitrogens with zero attached hydrogens (tertiary/aromatic N) is 1. The molecular formula is C16H17NO4S. The van der Waals surface area contributed by atoms with E-state index < -0.39 is 22.2 Å². The van der Waals surface area contributed by atoms with Crippen molar-refractivity contribution in [3.8, 4) is 0 Å². The highest BCUT2D eigenvalue weighted by atomic mass is 32.2. The number of ether oxygens (including phenoxy) is 1. The largest absolute Gasteiger partial charge is 0.446 e. The van der Waals surface area contributed by atoms with Crippen LogP contribution in [0.3, 0.4) is 0 Å². The molecule has 22 heavy (non-hydrogen) atoms. The van der Waals surface area contributed by atoms with Crippen molar-refractivity contribution in [1.82, 2.24) is 4.31 Å². The van der Waals surface area contributed by atoms with Crippen LogP contribution in [0.5, 0.6) is 0 Å². The third kappa shape index (κ3) is 2.69. The normalized spacial score (nSPS) is 18.0. The SMILES string of the molecule is C=CC(=C)C(=C)C1COC(=O)N1S(=O)(=O)c1ccc(C)cc1. The van der Waals surface area contributed by atoms with Crippen molar-refractivity contribution < 1.29 is 17.9 Å². The number of cyclic esters (lactones) is 1. The molecule has 1 aliphatic heterocycles. The lowest BCUT2D eigenvalue weighted by molar-refractivity contribution is 0.170. The molecule has 0 spiro atoms. The molecule has 1 saturated heterocycles. The summed E-state index contributed by atoms with van der Waals surface area (Å²) >= 11 is 0. The quantitative estimate of drug-likeness (QED) is 0.783. The molecule has 1 unspecified atom stereocenters. The average Bonchev–Trinajstić information content (AvgIpc) is 2.88. The van der Waals surface area contributed by atoms with Gasteiger partial charge in [0.25, 0.3) is 10.0 Å². The Bertz CT molecular complexity index is 747. The summed E-state index contributed by atoms with van der Waals surface area (Å²) < 4.78 is 31.0. The summed E-state index contributed by atoms with van der Waals surface area (Å²) in [5.74, 6) is 0. The van der Waals surface area contributed by atoms with Gasteiger partial charge in [0, 0.05) is 0 Å². The number of sulfonamides is 1. The van der Waals surface area contributed by atoms with Gasteiger partial charge in [0.15, 0.2) is 0 Å². The molecule has 0 aliphatic carbocycles. The smallest absolute Gasteiger partial charge is 0.424 e. The molecule has 0 aromatic heterocycles. The van der Waals surface area contributed by atoms with Crippen molar-refractivity contribution in [2.75, 3.05) is 6.61 Å². The van der Waals surface area contributed by atoms with Crippen molar-refractivity contribution >= 4 is 16.1 Å². The zero-order valence-electron chi connectivity index (χ0n) is 12.3. The van der Waals surface area contributed by atoms with Gasteiger partial charge < -0.3 is 4.74 Å². The second-order valence-corrected chi connectivity index (χ2v) is 6.78. The Balaban J connectivity index is 2.44. The molecule has 1 atom stereocenters. The van der Waals surface area contributed by atoms with Crippen LogP contribution in [0.2, 0.25) is 0 Å². The van der Waals surface area contributed by atoms with Crippen molar-refractivity contribution in [2.45, 2.75) is 17.9 Å². The highest BCUT2D eigenvalue weighted by Gasteiger charge is 2.44. The second kappa shape index (κ2) is 5.81. The van der Waals surface area contributed by atoms with Crippen LogP contribution in [0.1, 0.15) is 5.56 Å². The van der Waals surface area contributed by atoms with Gasteiger partial charge in [0.2, 0.25) is 0 Å². The number of aryl methyl sites for hydroxylation is 1. The molecule has 2 rings (SSSR count). The first-order valence-electron chi connectivity index (χ1n) is 6.57. The number of hydrogen-bond donors (Lipinski definition) is 0. The molecule has 116 valence electrons. The van der Waals surface area contributed by atoms with Gasteiger partial charge >= 0.3 is 6.09 Å². The maximum Gasteiger partial charge on any atom is 0.424 e. The lowest BCUT2D eigenvalue weighted by Gasteiger charge is -2.23. The predicted molar refractivity (Wildman–Crippen MR) is 83.8 cm³/mol. The van der Waals surface area contributed by atoms with Crippen LogP contribution in [-0.2, 0) is 14.8 Å². The minimum absolute atomic E-state index is 0.0268. The van der Waals surface area contributed by atoms with Gasteiger partial charge in [-0.15, -0.1) is 0 Å². The van der Waals surface area contributed by atoms with E-state index in [0.29, 0.717) is 15.5 Å². The van der Waals surface area contributed by atoms with Gasteiger partial charge in [-0.05, 0) is 30.2 Å². The van der Waals surface area contributed by atoms with Gasteiger partial charge in [-0.25, -0.2) is 13.2 Å². The van der Waals surface area contributed by atoms with E-state index in [1.54, 1.807) is 12.1 Å². The molecule has 1 heterocycles. The average molecular weight is 319 g/mol. The summed E-state index contributed by atoms with van der Waals surface area (Å²) in [5.41, 5.74) is 1.77. The van der Waals surface area contributed by atoms with E-state index in [9.17, 15) is 13.2 Å². The van der Waals surface area contributed by atoms with Crippen LogP contribution in [0.25, 0.3) is 0 Å². The summed E-state index contributed by atoms with van der Waals surface area (Å²) in [5, 5.41) is 0. The van der Waals surface area contributed by atoms with Crippen LogP contribution in [0.4, 0.5) is 4.79 Å². The van der Waals surface area contributed by atoms with Crippen LogP contribution in [0, 0.1) is 6.92 Å². The predicted octanol–water partition coefficient (Wildman–Crippen LogP) is 2.80. The summed E-state index contributed by atoms with van der Waals surface area (Å²) in [4.78, 5) is 11.9. The van der Waals surface area contributed by atoms with Gasteiger partial charge in [-0.1, -0.05) is 43.5 Å². The van der Waals surface area contributed by atoms with Crippen molar-refractivity contribution in [1.29, 1.82) is 0 Å². The number of hydrogen-bond acceptors (Lipinski definition) is 4. The van der Waals surface area contributed by atoms with E-state index in [1.165, 1.54) is 18.2 Å². The minimum atomic E-state index is -4.02. The van der Waals surface area contributed by atoms with Crippen molar-refractivity contribution in [3.05, 3.63) is 66.8 Å². The van der Waals surface area contributed by atoms with Crippen LogP contribution in [0.15, 0.2) is 66.1 Å². The van der Waals surface area contributed by atoms with Crippen molar-refractivity contribution in [3.63, 3.8) is 0 Å². The van der Waals surface area contributed by atoms with E-state index in [-0.39, 0.29) is 11.5 Å². The molecule has 0 saturated carbocycles. The Morgan fingerprint density at radius 1 is 1.32 bits per heavy atom. The topological polar surface area (TPSA) is 63.7 Å². The standard InChI is InChI=1S/C16H17NO4S/c1-5-12(3)13(4)15-10-21-16(18)17(15)22(19,20)14-8-6-11(2)7-9-14/h5-9,15H,1,3-4,10H2,2H3. The Morgan fingerprint density at radius 2 is 1.91 bits per heavy atom. The van der Waals surface area contributed by atoms with Crippen LogP contribution < -0.4 is 0 Å².